The van der Waals surface area contributed by atoms with Gasteiger partial charge in [-0.2, -0.15) is 5.26 Å². The van der Waals surface area contributed by atoms with Crippen molar-refractivity contribution in [2.45, 2.75) is 12.8 Å². The van der Waals surface area contributed by atoms with Crippen LogP contribution in [0.5, 0.6) is 0 Å². The van der Waals surface area contributed by atoms with Crippen LogP contribution in [0.2, 0.25) is 0 Å². The van der Waals surface area contributed by atoms with E-state index in [2.05, 4.69) is 5.32 Å². The highest BCUT2D eigenvalue weighted by Crippen LogP contribution is 2.22. The van der Waals surface area contributed by atoms with Crippen molar-refractivity contribution in [3.63, 3.8) is 0 Å². The van der Waals surface area contributed by atoms with E-state index in [0.717, 1.165) is 19.4 Å². The van der Waals surface area contributed by atoms with Gasteiger partial charge in [0.05, 0.1) is 25.1 Å². The maximum Gasteiger partial charge on any atom is 0.309 e. The molecule has 0 unspecified atom stereocenters. The molecule has 112 valence electrons. The fourth-order valence-electron chi connectivity index (χ4n) is 2.42. The SMILES string of the molecule is COC(=O)[C@H]1CCCN(CC(=O)Nc2sccc2C#N)C1. The van der Waals surface area contributed by atoms with Crippen molar-refractivity contribution in [3.8, 4) is 6.07 Å². The van der Waals surface area contributed by atoms with Crippen molar-refractivity contribution in [3.05, 3.63) is 17.0 Å². The molecule has 0 spiro atoms. The second kappa shape index (κ2) is 7.20. The van der Waals surface area contributed by atoms with E-state index in [0.29, 0.717) is 17.1 Å². The lowest BCUT2D eigenvalue weighted by atomic mass is 9.98. The number of anilines is 1. The molecule has 1 N–H and O–H groups in total. The van der Waals surface area contributed by atoms with Gasteiger partial charge in [-0.15, -0.1) is 11.3 Å². The molecule has 21 heavy (non-hydrogen) atoms. The van der Waals surface area contributed by atoms with Crippen molar-refractivity contribution >= 4 is 28.2 Å². The van der Waals surface area contributed by atoms with Crippen LogP contribution in [0, 0.1) is 17.2 Å². The minimum absolute atomic E-state index is 0.159. The molecule has 6 nitrogen and oxygen atoms in total. The molecule has 1 saturated heterocycles. The van der Waals surface area contributed by atoms with E-state index in [9.17, 15) is 9.59 Å². The Kier molecular flexibility index (Phi) is 5.31. The molecule has 0 saturated carbocycles. The lowest BCUT2D eigenvalue weighted by Crippen LogP contribution is -2.42. The maximum atomic E-state index is 12.0. The van der Waals surface area contributed by atoms with Gasteiger partial charge in [0.25, 0.3) is 0 Å². The van der Waals surface area contributed by atoms with Crippen molar-refractivity contribution in [1.82, 2.24) is 4.90 Å². The van der Waals surface area contributed by atoms with Crippen molar-refractivity contribution in [1.29, 1.82) is 5.26 Å². The van der Waals surface area contributed by atoms with Gasteiger partial charge < -0.3 is 10.1 Å². The smallest absolute Gasteiger partial charge is 0.309 e. The predicted molar refractivity (Wildman–Crippen MR) is 78.8 cm³/mol. The van der Waals surface area contributed by atoms with Gasteiger partial charge in [-0.05, 0) is 30.8 Å². The van der Waals surface area contributed by atoms with Crippen molar-refractivity contribution in [2.75, 3.05) is 32.1 Å². The zero-order valence-corrected chi connectivity index (χ0v) is 12.6. The number of amides is 1. The summed E-state index contributed by atoms with van der Waals surface area (Å²) in [5.41, 5.74) is 0.472. The molecule has 2 rings (SSSR count). The molecular weight excluding hydrogens is 290 g/mol. The Morgan fingerprint density at radius 1 is 1.62 bits per heavy atom. The lowest BCUT2D eigenvalue weighted by molar-refractivity contribution is -0.147. The number of nitrogens with zero attached hydrogens (tertiary/aromatic N) is 2. The number of hydrogen-bond acceptors (Lipinski definition) is 6. The summed E-state index contributed by atoms with van der Waals surface area (Å²) in [7, 11) is 1.38. The number of likely N-dealkylation sites (tertiary alicyclic amines) is 1. The van der Waals surface area contributed by atoms with Gasteiger partial charge in [-0.3, -0.25) is 14.5 Å². The number of carbonyl (C=O) groups excluding carboxylic acids is 2. The first kappa shape index (κ1) is 15.5. The number of nitriles is 1. The molecule has 0 bridgehead atoms. The van der Waals surface area contributed by atoms with Crippen LogP contribution in [0.3, 0.4) is 0 Å². The number of methoxy groups -OCH3 is 1. The summed E-state index contributed by atoms with van der Waals surface area (Å²) in [5.74, 6) is -0.544. The third kappa shape index (κ3) is 4.03. The Balaban J connectivity index is 1.88. The van der Waals surface area contributed by atoms with Crippen LogP contribution in [-0.2, 0) is 14.3 Å². The van der Waals surface area contributed by atoms with E-state index in [1.165, 1.54) is 18.4 Å². The Labute approximate surface area is 127 Å². The molecule has 1 fully saturated rings. The third-order valence-electron chi connectivity index (χ3n) is 3.45. The first-order valence-corrected chi connectivity index (χ1v) is 7.59. The van der Waals surface area contributed by atoms with E-state index in [-0.39, 0.29) is 24.3 Å². The molecule has 2 heterocycles. The van der Waals surface area contributed by atoms with E-state index >= 15 is 0 Å². The summed E-state index contributed by atoms with van der Waals surface area (Å²) in [6.45, 7) is 1.54. The van der Waals surface area contributed by atoms with Gasteiger partial charge in [0.1, 0.15) is 11.1 Å². The second-order valence-corrected chi connectivity index (χ2v) is 5.84. The van der Waals surface area contributed by atoms with Crippen molar-refractivity contribution in [2.24, 2.45) is 5.92 Å². The Morgan fingerprint density at radius 3 is 3.14 bits per heavy atom. The average molecular weight is 307 g/mol. The predicted octanol–water partition coefficient (Wildman–Crippen LogP) is 1.44. The number of carbonyl (C=O) groups is 2. The van der Waals surface area contributed by atoms with Crippen LogP contribution < -0.4 is 5.32 Å². The van der Waals surface area contributed by atoms with Crippen LogP contribution in [0.4, 0.5) is 5.00 Å². The summed E-state index contributed by atoms with van der Waals surface area (Å²) in [6, 6.07) is 3.71. The largest absolute Gasteiger partial charge is 0.469 e. The Bertz CT molecular complexity index is 564. The minimum atomic E-state index is -0.217. The number of esters is 1. The van der Waals surface area contributed by atoms with Crippen LogP contribution in [0.25, 0.3) is 0 Å². The third-order valence-corrected chi connectivity index (χ3v) is 4.28. The summed E-state index contributed by atoms with van der Waals surface area (Å²) in [6.07, 6.45) is 1.67. The minimum Gasteiger partial charge on any atom is -0.469 e. The van der Waals surface area contributed by atoms with Crippen LogP contribution >= 0.6 is 11.3 Å². The lowest BCUT2D eigenvalue weighted by Gasteiger charge is -2.30. The second-order valence-electron chi connectivity index (χ2n) is 4.92. The highest BCUT2D eigenvalue weighted by atomic mass is 32.1. The Hall–Kier alpha value is -1.91. The quantitative estimate of drug-likeness (QED) is 0.851. The number of nitrogens with one attached hydrogen (secondary N) is 1. The van der Waals surface area contributed by atoms with Gasteiger partial charge >= 0.3 is 5.97 Å². The van der Waals surface area contributed by atoms with Crippen LogP contribution in [0.15, 0.2) is 11.4 Å². The number of piperidine rings is 1. The molecule has 0 aliphatic carbocycles. The number of hydrogen-bond donors (Lipinski definition) is 1. The molecular formula is C14H17N3O3S. The van der Waals surface area contributed by atoms with Crippen LogP contribution in [0.1, 0.15) is 18.4 Å². The normalized spacial score (nSPS) is 18.8. The summed E-state index contributed by atoms with van der Waals surface area (Å²) >= 11 is 1.33. The summed E-state index contributed by atoms with van der Waals surface area (Å²) in [4.78, 5) is 25.5. The summed E-state index contributed by atoms with van der Waals surface area (Å²) in [5, 5.41) is 14.0. The molecule has 0 aromatic carbocycles. The molecule has 1 aliphatic rings. The van der Waals surface area contributed by atoms with E-state index in [1.54, 1.807) is 11.4 Å². The zero-order valence-electron chi connectivity index (χ0n) is 11.8. The molecule has 1 atom stereocenters. The van der Waals surface area contributed by atoms with Gasteiger partial charge in [-0.1, -0.05) is 0 Å². The van der Waals surface area contributed by atoms with E-state index in [1.807, 2.05) is 11.0 Å². The van der Waals surface area contributed by atoms with Gasteiger partial charge in [0, 0.05) is 6.54 Å². The van der Waals surface area contributed by atoms with Crippen molar-refractivity contribution < 1.29 is 14.3 Å². The highest BCUT2D eigenvalue weighted by Gasteiger charge is 2.27. The first-order valence-electron chi connectivity index (χ1n) is 6.71. The number of rotatable bonds is 4. The number of ether oxygens (including phenoxy) is 1. The standard InChI is InChI=1S/C14H17N3O3S/c1-20-14(19)11-3-2-5-17(8-11)9-12(18)16-13-10(7-15)4-6-21-13/h4,6,11H,2-3,5,8-9H2,1H3,(H,16,18)/t11-/m0/s1. The van der Waals surface area contributed by atoms with Gasteiger partial charge in [0.2, 0.25) is 5.91 Å². The molecule has 0 radical (unpaired) electrons. The monoisotopic (exact) mass is 307 g/mol. The first-order chi connectivity index (χ1) is 10.1. The molecule has 1 aromatic rings. The maximum absolute atomic E-state index is 12.0. The fourth-order valence-corrected chi connectivity index (χ4v) is 3.18. The van der Waals surface area contributed by atoms with Gasteiger partial charge in [-0.25, -0.2) is 0 Å². The molecule has 1 amide bonds. The Morgan fingerprint density at radius 2 is 2.43 bits per heavy atom. The van der Waals surface area contributed by atoms with Crippen LogP contribution in [-0.4, -0.2) is 43.5 Å². The molecule has 1 aliphatic heterocycles. The fraction of sp³-hybridized carbons (Fsp3) is 0.500. The summed E-state index contributed by atoms with van der Waals surface area (Å²) < 4.78 is 4.76. The number of thiophene rings is 1. The topological polar surface area (TPSA) is 82.4 Å². The molecule has 7 heteroatoms. The average Bonchev–Trinajstić information content (AvgIpc) is 2.93. The van der Waals surface area contributed by atoms with E-state index < -0.39 is 0 Å². The zero-order chi connectivity index (χ0) is 15.2. The van der Waals surface area contributed by atoms with Gasteiger partial charge in [0.15, 0.2) is 0 Å². The highest BCUT2D eigenvalue weighted by molar-refractivity contribution is 7.14. The van der Waals surface area contributed by atoms with E-state index in [4.69, 9.17) is 10.00 Å². The molecule has 1 aromatic heterocycles.